The van der Waals surface area contributed by atoms with Crippen LogP contribution in [-0.4, -0.2) is 14.2 Å². The Morgan fingerprint density at radius 2 is 1.90 bits per heavy atom. The van der Waals surface area contributed by atoms with Crippen molar-refractivity contribution in [3.8, 4) is 11.5 Å². The molecule has 0 aliphatic carbocycles. The Morgan fingerprint density at radius 1 is 1.14 bits per heavy atom. The SMILES string of the molecule is COc1ccc(C(N)Cc2cc(F)ccc2Br)c(OC)c1. The van der Waals surface area contributed by atoms with Gasteiger partial charge in [-0.1, -0.05) is 22.0 Å². The second-order valence-electron chi connectivity index (χ2n) is 4.65. The summed E-state index contributed by atoms with van der Waals surface area (Å²) < 4.78 is 24.7. The maximum absolute atomic E-state index is 13.3. The molecule has 2 N–H and O–H groups in total. The molecule has 0 bridgehead atoms. The predicted octanol–water partition coefficient (Wildman–Crippen LogP) is 3.85. The lowest BCUT2D eigenvalue weighted by atomic mass is 9.98. The zero-order valence-electron chi connectivity index (χ0n) is 11.9. The standard InChI is InChI=1S/C16H17BrFNO2/c1-20-12-4-5-13(16(9-12)21-2)15(19)8-10-7-11(18)3-6-14(10)17/h3-7,9,15H,8,19H2,1-2H3. The van der Waals surface area contributed by atoms with Gasteiger partial charge in [0.2, 0.25) is 0 Å². The minimum absolute atomic E-state index is 0.276. The average molecular weight is 354 g/mol. The van der Waals surface area contributed by atoms with Gasteiger partial charge in [-0.3, -0.25) is 0 Å². The lowest BCUT2D eigenvalue weighted by Crippen LogP contribution is -2.15. The van der Waals surface area contributed by atoms with Crippen molar-refractivity contribution in [3.05, 3.63) is 57.8 Å². The highest BCUT2D eigenvalue weighted by Crippen LogP contribution is 2.31. The van der Waals surface area contributed by atoms with Crippen LogP contribution in [0.5, 0.6) is 11.5 Å². The van der Waals surface area contributed by atoms with Crippen molar-refractivity contribution in [2.24, 2.45) is 5.73 Å². The van der Waals surface area contributed by atoms with Crippen molar-refractivity contribution in [2.45, 2.75) is 12.5 Å². The van der Waals surface area contributed by atoms with E-state index in [1.165, 1.54) is 12.1 Å². The Balaban J connectivity index is 2.27. The van der Waals surface area contributed by atoms with Gasteiger partial charge in [0.25, 0.3) is 0 Å². The first kappa shape index (κ1) is 15.8. The van der Waals surface area contributed by atoms with Gasteiger partial charge < -0.3 is 15.2 Å². The van der Waals surface area contributed by atoms with Crippen LogP contribution >= 0.6 is 15.9 Å². The van der Waals surface area contributed by atoms with Crippen molar-refractivity contribution in [3.63, 3.8) is 0 Å². The molecule has 0 aliphatic heterocycles. The van der Waals surface area contributed by atoms with E-state index in [0.29, 0.717) is 17.9 Å². The van der Waals surface area contributed by atoms with Crippen molar-refractivity contribution in [1.82, 2.24) is 0 Å². The summed E-state index contributed by atoms with van der Waals surface area (Å²) in [5.74, 6) is 1.09. The fourth-order valence-corrected chi connectivity index (χ4v) is 2.58. The summed E-state index contributed by atoms with van der Waals surface area (Å²) in [6.45, 7) is 0. The number of ether oxygens (including phenoxy) is 2. The Morgan fingerprint density at radius 3 is 2.57 bits per heavy atom. The fourth-order valence-electron chi connectivity index (χ4n) is 2.17. The number of hydrogen-bond donors (Lipinski definition) is 1. The Bertz CT molecular complexity index is 634. The van der Waals surface area contributed by atoms with Crippen LogP contribution in [0.3, 0.4) is 0 Å². The molecular weight excluding hydrogens is 337 g/mol. The summed E-state index contributed by atoms with van der Waals surface area (Å²) in [6.07, 6.45) is 0.501. The number of halogens is 2. The number of hydrogen-bond acceptors (Lipinski definition) is 3. The largest absolute Gasteiger partial charge is 0.497 e. The first-order chi connectivity index (χ1) is 10.0. The minimum atomic E-state index is -0.302. The van der Waals surface area contributed by atoms with Gasteiger partial charge in [0.05, 0.1) is 14.2 Å². The van der Waals surface area contributed by atoms with Gasteiger partial charge in [-0.05, 0) is 36.2 Å². The van der Waals surface area contributed by atoms with E-state index in [2.05, 4.69) is 15.9 Å². The van der Waals surface area contributed by atoms with Crippen LogP contribution < -0.4 is 15.2 Å². The molecule has 0 radical (unpaired) electrons. The highest BCUT2D eigenvalue weighted by atomic mass is 79.9. The molecule has 3 nitrogen and oxygen atoms in total. The van der Waals surface area contributed by atoms with E-state index in [1.807, 2.05) is 12.1 Å². The zero-order chi connectivity index (χ0) is 15.4. The predicted molar refractivity (Wildman–Crippen MR) is 84.3 cm³/mol. The van der Waals surface area contributed by atoms with Crippen molar-refractivity contribution in [2.75, 3.05) is 14.2 Å². The van der Waals surface area contributed by atoms with Crippen LogP contribution in [0.25, 0.3) is 0 Å². The molecule has 0 fully saturated rings. The highest BCUT2D eigenvalue weighted by Gasteiger charge is 2.15. The molecule has 0 saturated carbocycles. The molecule has 2 rings (SSSR count). The van der Waals surface area contributed by atoms with Crippen molar-refractivity contribution < 1.29 is 13.9 Å². The molecule has 2 aromatic rings. The number of nitrogens with two attached hydrogens (primary N) is 1. The summed E-state index contributed by atoms with van der Waals surface area (Å²) >= 11 is 3.42. The van der Waals surface area contributed by atoms with Gasteiger partial charge in [-0.25, -0.2) is 4.39 Å². The van der Waals surface area contributed by atoms with Crippen LogP contribution in [0.4, 0.5) is 4.39 Å². The van der Waals surface area contributed by atoms with E-state index < -0.39 is 0 Å². The van der Waals surface area contributed by atoms with E-state index in [1.54, 1.807) is 26.4 Å². The average Bonchev–Trinajstić information content (AvgIpc) is 2.50. The fraction of sp³-hybridized carbons (Fsp3) is 0.250. The molecule has 0 heterocycles. The smallest absolute Gasteiger partial charge is 0.127 e. The van der Waals surface area contributed by atoms with Crippen LogP contribution in [0.15, 0.2) is 40.9 Å². The molecule has 1 unspecified atom stereocenters. The van der Waals surface area contributed by atoms with Gasteiger partial charge in [0.1, 0.15) is 17.3 Å². The lowest BCUT2D eigenvalue weighted by Gasteiger charge is -2.17. The minimum Gasteiger partial charge on any atom is -0.497 e. The second kappa shape index (κ2) is 6.91. The van der Waals surface area contributed by atoms with Crippen LogP contribution in [0.2, 0.25) is 0 Å². The van der Waals surface area contributed by atoms with Gasteiger partial charge in [0, 0.05) is 22.1 Å². The Labute approximate surface area is 132 Å². The van der Waals surface area contributed by atoms with E-state index in [-0.39, 0.29) is 11.9 Å². The maximum Gasteiger partial charge on any atom is 0.127 e. The molecule has 0 aliphatic rings. The van der Waals surface area contributed by atoms with E-state index in [4.69, 9.17) is 15.2 Å². The summed E-state index contributed by atoms with van der Waals surface area (Å²) in [5, 5.41) is 0. The first-order valence-corrected chi connectivity index (χ1v) is 7.26. The van der Waals surface area contributed by atoms with Crippen molar-refractivity contribution in [1.29, 1.82) is 0 Å². The number of benzene rings is 2. The second-order valence-corrected chi connectivity index (χ2v) is 5.51. The van der Waals surface area contributed by atoms with Gasteiger partial charge in [-0.15, -0.1) is 0 Å². The number of rotatable bonds is 5. The molecule has 5 heteroatoms. The Hall–Kier alpha value is -1.59. The quantitative estimate of drug-likeness (QED) is 0.887. The van der Waals surface area contributed by atoms with Gasteiger partial charge in [0.15, 0.2) is 0 Å². The first-order valence-electron chi connectivity index (χ1n) is 6.46. The number of methoxy groups -OCH3 is 2. The molecule has 0 saturated heterocycles. The molecule has 112 valence electrons. The third kappa shape index (κ3) is 3.74. The normalized spacial score (nSPS) is 12.0. The van der Waals surface area contributed by atoms with E-state index >= 15 is 0 Å². The summed E-state index contributed by atoms with van der Waals surface area (Å²) in [4.78, 5) is 0. The van der Waals surface area contributed by atoms with E-state index in [9.17, 15) is 4.39 Å². The lowest BCUT2D eigenvalue weighted by molar-refractivity contribution is 0.388. The molecule has 2 aromatic carbocycles. The molecular formula is C16H17BrFNO2. The monoisotopic (exact) mass is 353 g/mol. The summed E-state index contributed by atoms with van der Waals surface area (Å²) in [5.41, 5.74) is 7.93. The van der Waals surface area contributed by atoms with Crippen molar-refractivity contribution >= 4 is 15.9 Å². The summed E-state index contributed by atoms with van der Waals surface area (Å²) in [7, 11) is 3.18. The van der Waals surface area contributed by atoms with Gasteiger partial charge in [-0.2, -0.15) is 0 Å². The maximum atomic E-state index is 13.3. The summed E-state index contributed by atoms with van der Waals surface area (Å²) in [6, 6.07) is 9.77. The van der Waals surface area contributed by atoms with Crippen LogP contribution in [-0.2, 0) is 6.42 Å². The molecule has 0 spiro atoms. The zero-order valence-corrected chi connectivity index (χ0v) is 13.5. The van der Waals surface area contributed by atoms with Gasteiger partial charge >= 0.3 is 0 Å². The molecule has 0 aromatic heterocycles. The third-order valence-corrected chi connectivity index (χ3v) is 4.06. The van der Waals surface area contributed by atoms with Crippen LogP contribution in [0.1, 0.15) is 17.2 Å². The van der Waals surface area contributed by atoms with E-state index in [0.717, 1.165) is 15.6 Å². The molecule has 21 heavy (non-hydrogen) atoms. The highest BCUT2D eigenvalue weighted by molar-refractivity contribution is 9.10. The molecule has 0 amide bonds. The third-order valence-electron chi connectivity index (χ3n) is 3.29. The topological polar surface area (TPSA) is 44.5 Å². The molecule has 1 atom stereocenters. The Kier molecular flexibility index (Phi) is 5.20. The van der Waals surface area contributed by atoms with Crippen LogP contribution in [0, 0.1) is 5.82 Å².